The summed E-state index contributed by atoms with van der Waals surface area (Å²) >= 11 is 0. The molecule has 1 aliphatic carbocycles. The molecule has 0 bridgehead atoms. The lowest BCUT2D eigenvalue weighted by Crippen LogP contribution is -2.04. The highest BCUT2D eigenvalue weighted by atomic mass is 16.4. The largest absolute Gasteiger partial charge is 0.478 e. The van der Waals surface area contributed by atoms with E-state index in [1.54, 1.807) is 6.92 Å². The van der Waals surface area contributed by atoms with Crippen LogP contribution in [0.25, 0.3) is 6.08 Å². The van der Waals surface area contributed by atoms with Gasteiger partial charge in [0.25, 0.3) is 0 Å². The van der Waals surface area contributed by atoms with Gasteiger partial charge in [0.15, 0.2) is 0 Å². The van der Waals surface area contributed by atoms with E-state index in [0.717, 1.165) is 5.57 Å². The molecule has 0 amide bonds. The Labute approximate surface area is 94.9 Å². The van der Waals surface area contributed by atoms with Crippen LogP contribution in [0.15, 0.2) is 41.5 Å². The van der Waals surface area contributed by atoms with Crippen LogP contribution in [0.1, 0.15) is 30.9 Å². The minimum Gasteiger partial charge on any atom is -0.478 e. The Bertz CT molecular complexity index is 495. The molecule has 1 atom stereocenters. The molecule has 1 aliphatic rings. The van der Waals surface area contributed by atoms with Crippen molar-refractivity contribution in [2.45, 2.75) is 19.8 Å². The van der Waals surface area contributed by atoms with Crippen LogP contribution in [0.3, 0.4) is 0 Å². The molecule has 82 valence electrons. The summed E-state index contributed by atoms with van der Waals surface area (Å²) < 4.78 is 0. The topological polar surface area (TPSA) is 37.3 Å². The summed E-state index contributed by atoms with van der Waals surface area (Å²) in [5.41, 5.74) is 3.73. The Balaban J connectivity index is 2.44. The summed E-state index contributed by atoms with van der Waals surface area (Å²) in [6, 6.07) is 8.09. The fraction of sp³-hybridized carbons (Fsp3) is 0.214. The van der Waals surface area contributed by atoms with Gasteiger partial charge >= 0.3 is 5.97 Å². The van der Waals surface area contributed by atoms with E-state index >= 15 is 0 Å². The molecule has 2 nitrogen and oxygen atoms in total. The van der Waals surface area contributed by atoms with Crippen LogP contribution in [-0.4, -0.2) is 11.1 Å². The van der Waals surface area contributed by atoms with Gasteiger partial charge in [-0.25, -0.2) is 4.79 Å². The van der Waals surface area contributed by atoms with E-state index in [1.165, 1.54) is 11.1 Å². The van der Waals surface area contributed by atoms with Gasteiger partial charge in [-0.1, -0.05) is 42.0 Å². The van der Waals surface area contributed by atoms with E-state index in [0.29, 0.717) is 5.57 Å². The molecule has 1 unspecified atom stereocenters. The van der Waals surface area contributed by atoms with Crippen molar-refractivity contribution in [3.63, 3.8) is 0 Å². The first kappa shape index (κ1) is 10.7. The standard InChI is InChI=1S/C14H14O2/c1-9(10(2)14(15)16)12-8-7-11-5-3-4-6-13(11)12/h3-8,12H,1-2H3,(H,15,16). The van der Waals surface area contributed by atoms with Crippen molar-refractivity contribution in [2.75, 3.05) is 0 Å². The minimum atomic E-state index is -0.838. The van der Waals surface area contributed by atoms with Gasteiger partial charge in [0.1, 0.15) is 0 Å². The highest BCUT2D eigenvalue weighted by molar-refractivity contribution is 5.87. The molecule has 0 spiro atoms. The average Bonchev–Trinajstić information content (AvgIpc) is 2.70. The Morgan fingerprint density at radius 1 is 1.25 bits per heavy atom. The number of carboxylic acid groups (broad SMARTS) is 1. The molecule has 0 heterocycles. The maximum absolute atomic E-state index is 10.9. The fourth-order valence-electron chi connectivity index (χ4n) is 2.03. The number of hydrogen-bond donors (Lipinski definition) is 1. The molecule has 0 saturated heterocycles. The number of benzene rings is 1. The van der Waals surface area contributed by atoms with Gasteiger partial charge in [-0.15, -0.1) is 0 Å². The maximum atomic E-state index is 10.9. The summed E-state index contributed by atoms with van der Waals surface area (Å²) in [5, 5.41) is 8.98. The van der Waals surface area contributed by atoms with Crippen LogP contribution in [-0.2, 0) is 4.79 Å². The van der Waals surface area contributed by atoms with E-state index in [4.69, 9.17) is 5.11 Å². The average molecular weight is 214 g/mol. The van der Waals surface area contributed by atoms with Gasteiger partial charge < -0.3 is 5.11 Å². The second-order valence-corrected chi connectivity index (χ2v) is 4.08. The van der Waals surface area contributed by atoms with Crippen molar-refractivity contribution >= 4 is 12.0 Å². The summed E-state index contributed by atoms with van der Waals surface area (Å²) in [4.78, 5) is 10.9. The lowest BCUT2D eigenvalue weighted by molar-refractivity contribution is -0.132. The Morgan fingerprint density at radius 3 is 2.62 bits per heavy atom. The molecule has 1 N–H and O–H groups in total. The molecule has 16 heavy (non-hydrogen) atoms. The van der Waals surface area contributed by atoms with E-state index in [-0.39, 0.29) is 5.92 Å². The Morgan fingerprint density at radius 2 is 1.94 bits per heavy atom. The van der Waals surface area contributed by atoms with E-state index in [2.05, 4.69) is 24.3 Å². The number of carboxylic acids is 1. The molecule has 1 aromatic rings. The maximum Gasteiger partial charge on any atom is 0.331 e. The van der Waals surface area contributed by atoms with E-state index < -0.39 is 5.97 Å². The summed E-state index contributed by atoms with van der Waals surface area (Å²) in [7, 11) is 0. The zero-order valence-corrected chi connectivity index (χ0v) is 9.40. The third-order valence-corrected chi connectivity index (χ3v) is 3.18. The van der Waals surface area contributed by atoms with Gasteiger partial charge in [-0.3, -0.25) is 0 Å². The quantitative estimate of drug-likeness (QED) is 0.767. The predicted molar refractivity (Wildman–Crippen MR) is 64.2 cm³/mol. The molecule has 2 heteroatoms. The molecule has 0 fully saturated rings. The number of allylic oxidation sites excluding steroid dienone is 2. The van der Waals surface area contributed by atoms with Crippen molar-refractivity contribution in [1.29, 1.82) is 0 Å². The van der Waals surface area contributed by atoms with Gasteiger partial charge in [0.05, 0.1) is 0 Å². The van der Waals surface area contributed by atoms with Crippen molar-refractivity contribution in [3.05, 3.63) is 52.6 Å². The van der Waals surface area contributed by atoms with Crippen LogP contribution in [0.4, 0.5) is 0 Å². The number of carbonyl (C=O) groups is 1. The minimum absolute atomic E-state index is 0.118. The van der Waals surface area contributed by atoms with Crippen LogP contribution in [0.2, 0.25) is 0 Å². The van der Waals surface area contributed by atoms with Crippen molar-refractivity contribution in [1.82, 2.24) is 0 Å². The van der Waals surface area contributed by atoms with Gasteiger partial charge in [0.2, 0.25) is 0 Å². The van der Waals surface area contributed by atoms with Gasteiger partial charge in [-0.05, 0) is 25.0 Å². The summed E-state index contributed by atoms with van der Waals surface area (Å²) in [6.45, 7) is 3.55. The summed E-state index contributed by atoms with van der Waals surface area (Å²) in [5.74, 6) is -0.720. The second kappa shape index (κ2) is 3.97. The van der Waals surface area contributed by atoms with Crippen LogP contribution in [0, 0.1) is 0 Å². The first-order chi connectivity index (χ1) is 7.61. The molecule has 1 aromatic carbocycles. The van der Waals surface area contributed by atoms with Crippen LogP contribution < -0.4 is 0 Å². The molecule has 0 radical (unpaired) electrons. The Hall–Kier alpha value is -1.83. The molecular formula is C14H14O2. The van der Waals surface area contributed by atoms with Crippen molar-refractivity contribution < 1.29 is 9.90 Å². The van der Waals surface area contributed by atoms with Gasteiger partial charge in [0, 0.05) is 11.5 Å². The zero-order chi connectivity index (χ0) is 11.7. The highest BCUT2D eigenvalue weighted by Gasteiger charge is 2.20. The highest BCUT2D eigenvalue weighted by Crippen LogP contribution is 2.36. The van der Waals surface area contributed by atoms with E-state index in [1.807, 2.05) is 19.1 Å². The smallest absolute Gasteiger partial charge is 0.331 e. The van der Waals surface area contributed by atoms with Gasteiger partial charge in [-0.2, -0.15) is 0 Å². The number of hydrogen-bond acceptors (Lipinski definition) is 1. The first-order valence-corrected chi connectivity index (χ1v) is 5.29. The third kappa shape index (κ3) is 1.67. The van der Waals surface area contributed by atoms with Crippen LogP contribution in [0.5, 0.6) is 0 Å². The summed E-state index contributed by atoms with van der Waals surface area (Å²) in [6.07, 6.45) is 4.12. The van der Waals surface area contributed by atoms with Crippen molar-refractivity contribution in [2.24, 2.45) is 0 Å². The third-order valence-electron chi connectivity index (χ3n) is 3.18. The molecule has 2 rings (SSSR count). The molecule has 0 aliphatic heterocycles. The molecule has 0 saturated carbocycles. The molecule has 0 aromatic heterocycles. The monoisotopic (exact) mass is 214 g/mol. The number of fused-ring (bicyclic) bond motifs is 1. The second-order valence-electron chi connectivity index (χ2n) is 4.08. The number of rotatable bonds is 2. The Kier molecular flexibility index (Phi) is 2.65. The van der Waals surface area contributed by atoms with E-state index in [9.17, 15) is 4.79 Å². The normalized spacial score (nSPS) is 19.2. The van der Waals surface area contributed by atoms with Crippen LogP contribution >= 0.6 is 0 Å². The number of aliphatic carboxylic acids is 1. The lowest BCUT2D eigenvalue weighted by Gasteiger charge is -2.13. The SMILES string of the molecule is CC(C(=O)O)=C(C)C1C=Cc2ccccc21. The van der Waals surface area contributed by atoms with Crippen molar-refractivity contribution in [3.8, 4) is 0 Å². The predicted octanol–water partition coefficient (Wildman–Crippen LogP) is 3.22. The first-order valence-electron chi connectivity index (χ1n) is 5.29. The lowest BCUT2D eigenvalue weighted by atomic mass is 9.91. The fourth-order valence-corrected chi connectivity index (χ4v) is 2.03. The zero-order valence-electron chi connectivity index (χ0n) is 9.40. The molecular weight excluding hydrogens is 200 g/mol.